The molecule has 0 bridgehead atoms. The van der Waals surface area contributed by atoms with Gasteiger partial charge in [-0.3, -0.25) is 5.32 Å². The van der Waals surface area contributed by atoms with Crippen molar-refractivity contribution in [3.8, 4) is 11.8 Å². The largest absolute Gasteiger partial charge is 0.618 e. The molecule has 2 amide bonds. The van der Waals surface area contributed by atoms with Crippen molar-refractivity contribution in [1.29, 1.82) is 5.26 Å². The van der Waals surface area contributed by atoms with Gasteiger partial charge >= 0.3 is 6.03 Å². The van der Waals surface area contributed by atoms with E-state index < -0.39 is 6.03 Å². The van der Waals surface area contributed by atoms with E-state index in [1.165, 1.54) is 18.2 Å². The number of rotatable bonds is 6. The third-order valence-corrected chi connectivity index (χ3v) is 4.09. The van der Waals surface area contributed by atoms with Crippen LogP contribution in [0, 0.1) is 16.5 Å². The van der Waals surface area contributed by atoms with Crippen LogP contribution in [0.3, 0.4) is 0 Å². The summed E-state index contributed by atoms with van der Waals surface area (Å²) in [5, 5.41) is 26.7. The van der Waals surface area contributed by atoms with Crippen molar-refractivity contribution in [2.45, 2.75) is 6.42 Å². The Kier molecular flexibility index (Phi) is 6.29. The first-order chi connectivity index (χ1) is 14.0. The Hall–Kier alpha value is -3.61. The zero-order valence-electron chi connectivity index (χ0n) is 15.2. The minimum absolute atomic E-state index is 0.0210. The minimum Gasteiger partial charge on any atom is -0.618 e. The van der Waals surface area contributed by atoms with Crippen LogP contribution in [-0.4, -0.2) is 24.2 Å². The number of hydrogen-bond donors (Lipinski definition) is 3. The fourth-order valence-corrected chi connectivity index (χ4v) is 2.70. The second-order valence-electron chi connectivity index (χ2n) is 5.98. The van der Waals surface area contributed by atoms with Gasteiger partial charge in [-0.2, -0.15) is 9.99 Å². The third kappa shape index (κ3) is 5.01. The average Bonchev–Trinajstić information content (AvgIpc) is 2.69. The number of hydrogen-bond acceptors (Lipinski definition) is 6. The van der Waals surface area contributed by atoms with E-state index in [0.29, 0.717) is 46.3 Å². The van der Waals surface area contributed by atoms with Gasteiger partial charge in [-0.15, -0.1) is 0 Å². The Morgan fingerprint density at radius 1 is 1.31 bits per heavy atom. The van der Waals surface area contributed by atoms with E-state index in [2.05, 4.69) is 15.6 Å². The summed E-state index contributed by atoms with van der Waals surface area (Å²) in [5.41, 5.74) is 6.73. The predicted molar refractivity (Wildman–Crippen MR) is 109 cm³/mol. The lowest BCUT2D eigenvalue weighted by molar-refractivity contribution is -0.576. The molecular formula is C19H17ClN6O3. The molecule has 10 heteroatoms. The van der Waals surface area contributed by atoms with Crippen LogP contribution in [0.1, 0.15) is 12.0 Å². The number of carbonyl (C=O) groups excluding carboxylic acids is 1. The highest BCUT2D eigenvalue weighted by atomic mass is 35.5. The number of urea groups is 1. The Morgan fingerprint density at radius 3 is 2.90 bits per heavy atom. The molecule has 0 saturated carbocycles. The standard InChI is InChI=1S/C19H17ClN6O3/c20-13-3-5-17(29-7-1-6-21)15(9-13)24-19(27)25-18-11-26(28)16-4-2-12(10-22)8-14(16)23-18/h2-5,8-9,11H,1,6-7,21H2,(H2,23,24,25,27). The zero-order valence-corrected chi connectivity index (χ0v) is 15.9. The van der Waals surface area contributed by atoms with Crippen LogP contribution in [0.2, 0.25) is 5.02 Å². The number of fused-ring (bicyclic) bond motifs is 1. The van der Waals surface area contributed by atoms with E-state index in [1.807, 2.05) is 6.07 Å². The number of anilines is 2. The first-order valence-corrected chi connectivity index (χ1v) is 9.02. The summed E-state index contributed by atoms with van der Waals surface area (Å²) < 4.78 is 6.17. The Bertz CT molecular complexity index is 1100. The quantitative estimate of drug-likeness (QED) is 0.323. The van der Waals surface area contributed by atoms with Crippen LogP contribution in [0.5, 0.6) is 5.75 Å². The highest BCUT2D eigenvalue weighted by molar-refractivity contribution is 6.31. The molecule has 0 fully saturated rings. The van der Waals surface area contributed by atoms with Gasteiger partial charge in [0.2, 0.25) is 17.5 Å². The summed E-state index contributed by atoms with van der Waals surface area (Å²) >= 11 is 6.01. The number of halogens is 1. The van der Waals surface area contributed by atoms with Crippen molar-refractivity contribution in [2.24, 2.45) is 5.73 Å². The fraction of sp³-hybridized carbons (Fsp3) is 0.158. The zero-order chi connectivity index (χ0) is 20.8. The molecule has 9 nitrogen and oxygen atoms in total. The molecule has 4 N–H and O–H groups in total. The van der Waals surface area contributed by atoms with Crippen LogP contribution in [0.15, 0.2) is 42.6 Å². The number of nitrogens with zero attached hydrogens (tertiary/aromatic N) is 3. The molecule has 0 aliphatic rings. The highest BCUT2D eigenvalue weighted by Crippen LogP contribution is 2.28. The monoisotopic (exact) mass is 412 g/mol. The van der Waals surface area contributed by atoms with Gasteiger partial charge in [0, 0.05) is 11.1 Å². The van der Waals surface area contributed by atoms with Crippen LogP contribution >= 0.6 is 11.6 Å². The number of ether oxygens (including phenoxy) is 1. The van der Waals surface area contributed by atoms with Crippen molar-refractivity contribution < 1.29 is 14.3 Å². The number of nitrogens with one attached hydrogen (secondary N) is 2. The number of amides is 2. The number of aromatic nitrogens is 2. The average molecular weight is 413 g/mol. The molecule has 0 unspecified atom stereocenters. The lowest BCUT2D eigenvalue weighted by atomic mass is 10.2. The fourth-order valence-electron chi connectivity index (χ4n) is 2.53. The van der Waals surface area contributed by atoms with Gasteiger partial charge in [-0.25, -0.2) is 9.78 Å². The molecule has 0 spiro atoms. The second-order valence-corrected chi connectivity index (χ2v) is 6.41. The van der Waals surface area contributed by atoms with Gasteiger partial charge in [-0.05, 0) is 43.3 Å². The van der Waals surface area contributed by atoms with Gasteiger partial charge in [0.15, 0.2) is 0 Å². The summed E-state index contributed by atoms with van der Waals surface area (Å²) in [6, 6.07) is 10.6. The van der Waals surface area contributed by atoms with E-state index in [4.69, 9.17) is 27.3 Å². The van der Waals surface area contributed by atoms with E-state index in [0.717, 1.165) is 6.20 Å². The van der Waals surface area contributed by atoms with Gasteiger partial charge < -0.3 is 21.0 Å². The summed E-state index contributed by atoms with van der Waals surface area (Å²) in [6.07, 6.45) is 1.79. The van der Waals surface area contributed by atoms with Crippen molar-refractivity contribution in [1.82, 2.24) is 4.98 Å². The SMILES string of the molecule is N#Cc1ccc2c(c1)nc(NC(=O)Nc1cc(Cl)ccc1OCCCN)c[n+]2[O-]. The van der Waals surface area contributed by atoms with Crippen molar-refractivity contribution in [3.63, 3.8) is 0 Å². The summed E-state index contributed by atoms with van der Waals surface area (Å²) in [4.78, 5) is 16.6. The predicted octanol–water partition coefficient (Wildman–Crippen LogP) is 2.76. The topological polar surface area (TPSA) is 140 Å². The maximum Gasteiger partial charge on any atom is 0.325 e. The summed E-state index contributed by atoms with van der Waals surface area (Å²) in [5.74, 6) is 0.453. The Balaban J connectivity index is 1.79. The highest BCUT2D eigenvalue weighted by Gasteiger charge is 2.14. The first-order valence-electron chi connectivity index (χ1n) is 8.64. The molecule has 1 heterocycles. The Labute approximate surface area is 171 Å². The maximum atomic E-state index is 12.4. The molecule has 0 radical (unpaired) electrons. The first kappa shape index (κ1) is 20.1. The molecular weight excluding hydrogens is 396 g/mol. The summed E-state index contributed by atoms with van der Waals surface area (Å²) in [6.45, 7) is 0.866. The second kappa shape index (κ2) is 9.05. The lowest BCUT2D eigenvalue weighted by Gasteiger charge is -2.13. The van der Waals surface area contributed by atoms with Crippen molar-refractivity contribution in [3.05, 3.63) is 58.4 Å². The molecule has 0 saturated heterocycles. The lowest BCUT2D eigenvalue weighted by Crippen LogP contribution is -2.29. The number of nitriles is 1. The van der Waals surface area contributed by atoms with E-state index >= 15 is 0 Å². The molecule has 3 rings (SSSR count). The molecule has 2 aromatic carbocycles. The molecule has 29 heavy (non-hydrogen) atoms. The molecule has 0 aliphatic carbocycles. The summed E-state index contributed by atoms with van der Waals surface area (Å²) in [7, 11) is 0. The van der Waals surface area contributed by atoms with E-state index in [9.17, 15) is 10.0 Å². The van der Waals surface area contributed by atoms with E-state index in [1.54, 1.807) is 18.2 Å². The molecule has 148 valence electrons. The van der Waals surface area contributed by atoms with Crippen molar-refractivity contribution >= 4 is 40.2 Å². The van der Waals surface area contributed by atoms with E-state index in [-0.39, 0.29) is 16.9 Å². The minimum atomic E-state index is -0.640. The molecule has 1 aromatic heterocycles. The number of nitrogens with two attached hydrogens (primary N) is 1. The van der Waals surface area contributed by atoms with Gasteiger partial charge in [0.25, 0.3) is 0 Å². The number of benzene rings is 2. The van der Waals surface area contributed by atoms with Crippen LogP contribution in [0.25, 0.3) is 11.0 Å². The molecule has 0 atom stereocenters. The normalized spacial score (nSPS) is 10.4. The molecule has 0 aliphatic heterocycles. The van der Waals surface area contributed by atoms with Crippen LogP contribution in [-0.2, 0) is 0 Å². The van der Waals surface area contributed by atoms with Crippen LogP contribution in [0.4, 0.5) is 16.3 Å². The third-order valence-electron chi connectivity index (χ3n) is 3.86. The van der Waals surface area contributed by atoms with Gasteiger partial charge in [0.1, 0.15) is 11.3 Å². The van der Waals surface area contributed by atoms with Gasteiger partial charge in [-0.1, -0.05) is 11.6 Å². The maximum absolute atomic E-state index is 12.4. The smallest absolute Gasteiger partial charge is 0.325 e. The van der Waals surface area contributed by atoms with Gasteiger partial charge in [0.05, 0.1) is 23.9 Å². The van der Waals surface area contributed by atoms with Crippen molar-refractivity contribution in [2.75, 3.05) is 23.8 Å². The Morgan fingerprint density at radius 2 is 2.14 bits per heavy atom. The van der Waals surface area contributed by atoms with Crippen LogP contribution < -0.4 is 25.8 Å². The number of carbonyl (C=O) groups is 1. The molecule has 3 aromatic rings.